The second-order valence-corrected chi connectivity index (χ2v) is 3.87. The molecule has 0 unspecified atom stereocenters. The number of nitrogens with zero attached hydrogens (tertiary/aromatic N) is 1. The van der Waals surface area contributed by atoms with Crippen LogP contribution in [0.2, 0.25) is 0 Å². The number of nitrogens with two attached hydrogens (primary N) is 1. The van der Waals surface area contributed by atoms with Crippen molar-refractivity contribution in [3.05, 3.63) is 29.8 Å². The van der Waals surface area contributed by atoms with Crippen LogP contribution in [0.1, 0.15) is 12.5 Å². The van der Waals surface area contributed by atoms with Gasteiger partial charge in [0.25, 0.3) is 0 Å². The number of nitrogens with one attached hydrogen (secondary N) is 1. The van der Waals surface area contributed by atoms with Gasteiger partial charge in [0.1, 0.15) is 0 Å². The molecular weight excluding hydrogens is 259 g/mol. The van der Waals surface area contributed by atoms with Crippen molar-refractivity contribution >= 4 is 11.7 Å². The SMILES string of the molecule is CCN(CCN)C(=O)Nc1ccc(C(F)(F)F)cc1. The Kier molecular flexibility index (Phi) is 5.17. The van der Waals surface area contributed by atoms with Gasteiger partial charge in [-0.3, -0.25) is 0 Å². The Labute approximate surface area is 109 Å². The fourth-order valence-electron chi connectivity index (χ4n) is 1.50. The highest BCUT2D eigenvalue weighted by Crippen LogP contribution is 2.29. The van der Waals surface area contributed by atoms with Crippen molar-refractivity contribution in [1.82, 2.24) is 4.90 Å². The van der Waals surface area contributed by atoms with Crippen LogP contribution in [-0.4, -0.2) is 30.6 Å². The summed E-state index contributed by atoms with van der Waals surface area (Å²) in [5.41, 5.74) is 4.92. The second-order valence-electron chi connectivity index (χ2n) is 3.87. The van der Waals surface area contributed by atoms with E-state index in [0.29, 0.717) is 25.3 Å². The van der Waals surface area contributed by atoms with Gasteiger partial charge in [-0.25, -0.2) is 4.79 Å². The summed E-state index contributed by atoms with van der Waals surface area (Å²) >= 11 is 0. The summed E-state index contributed by atoms with van der Waals surface area (Å²) < 4.78 is 37.1. The van der Waals surface area contributed by atoms with Gasteiger partial charge in [-0.15, -0.1) is 0 Å². The monoisotopic (exact) mass is 275 g/mol. The van der Waals surface area contributed by atoms with Gasteiger partial charge in [-0.05, 0) is 31.2 Å². The number of anilines is 1. The third-order valence-electron chi connectivity index (χ3n) is 2.53. The van der Waals surface area contributed by atoms with Crippen molar-refractivity contribution in [2.75, 3.05) is 25.0 Å². The molecule has 0 saturated heterocycles. The molecule has 4 nitrogen and oxygen atoms in total. The van der Waals surface area contributed by atoms with Crippen molar-refractivity contribution in [2.24, 2.45) is 5.73 Å². The van der Waals surface area contributed by atoms with Gasteiger partial charge in [0.2, 0.25) is 0 Å². The molecule has 0 atom stereocenters. The summed E-state index contributed by atoms with van der Waals surface area (Å²) in [6.45, 7) is 2.99. The molecule has 2 amide bonds. The molecule has 0 aliphatic carbocycles. The average molecular weight is 275 g/mol. The van der Waals surface area contributed by atoms with Crippen LogP contribution < -0.4 is 11.1 Å². The second kappa shape index (κ2) is 6.42. The maximum absolute atomic E-state index is 12.4. The van der Waals surface area contributed by atoms with Gasteiger partial charge < -0.3 is 16.0 Å². The first-order chi connectivity index (χ1) is 8.88. The maximum Gasteiger partial charge on any atom is 0.416 e. The number of alkyl halides is 3. The predicted molar refractivity (Wildman–Crippen MR) is 66.8 cm³/mol. The highest BCUT2D eigenvalue weighted by atomic mass is 19.4. The van der Waals surface area contributed by atoms with Crippen molar-refractivity contribution in [3.8, 4) is 0 Å². The molecule has 0 spiro atoms. The number of benzene rings is 1. The average Bonchev–Trinajstić information content (AvgIpc) is 2.35. The Morgan fingerprint density at radius 3 is 2.32 bits per heavy atom. The van der Waals surface area contributed by atoms with Crippen LogP contribution in [-0.2, 0) is 6.18 Å². The van der Waals surface area contributed by atoms with E-state index in [9.17, 15) is 18.0 Å². The molecule has 7 heteroatoms. The molecule has 19 heavy (non-hydrogen) atoms. The van der Waals surface area contributed by atoms with Crippen molar-refractivity contribution in [2.45, 2.75) is 13.1 Å². The number of hydrogen-bond acceptors (Lipinski definition) is 2. The van der Waals surface area contributed by atoms with E-state index in [2.05, 4.69) is 5.32 Å². The topological polar surface area (TPSA) is 58.4 Å². The molecule has 106 valence electrons. The summed E-state index contributed by atoms with van der Waals surface area (Å²) in [5, 5.41) is 2.52. The standard InChI is InChI=1S/C12H16F3N3O/c1-2-18(8-7-16)11(19)17-10-5-3-9(4-6-10)12(13,14)15/h3-6H,2,7-8,16H2,1H3,(H,17,19). The fourth-order valence-corrected chi connectivity index (χ4v) is 1.50. The Morgan fingerprint density at radius 2 is 1.89 bits per heavy atom. The van der Waals surface area contributed by atoms with Crippen molar-refractivity contribution in [1.29, 1.82) is 0 Å². The van der Waals surface area contributed by atoms with Gasteiger partial charge in [0, 0.05) is 25.3 Å². The van der Waals surface area contributed by atoms with Crippen molar-refractivity contribution in [3.63, 3.8) is 0 Å². The Bertz CT molecular complexity index is 417. The van der Waals surface area contributed by atoms with Gasteiger partial charge in [0.15, 0.2) is 0 Å². The van der Waals surface area contributed by atoms with E-state index in [-0.39, 0.29) is 6.03 Å². The highest BCUT2D eigenvalue weighted by Gasteiger charge is 2.30. The van der Waals surface area contributed by atoms with E-state index in [1.807, 2.05) is 0 Å². The number of urea groups is 1. The molecule has 0 bridgehead atoms. The summed E-state index contributed by atoms with van der Waals surface area (Å²) in [5.74, 6) is 0. The van der Waals surface area contributed by atoms with Crippen molar-refractivity contribution < 1.29 is 18.0 Å². The van der Waals surface area contributed by atoms with Crippen LogP contribution >= 0.6 is 0 Å². The lowest BCUT2D eigenvalue weighted by Gasteiger charge is -2.20. The quantitative estimate of drug-likeness (QED) is 0.887. The van der Waals surface area contributed by atoms with E-state index < -0.39 is 11.7 Å². The van der Waals surface area contributed by atoms with E-state index in [1.165, 1.54) is 17.0 Å². The minimum atomic E-state index is -4.38. The first kappa shape index (κ1) is 15.3. The zero-order valence-electron chi connectivity index (χ0n) is 10.5. The number of carbonyl (C=O) groups is 1. The largest absolute Gasteiger partial charge is 0.416 e. The van der Waals surface area contributed by atoms with Gasteiger partial charge in [0.05, 0.1) is 5.56 Å². The van der Waals surface area contributed by atoms with Gasteiger partial charge in [-0.1, -0.05) is 0 Å². The summed E-state index contributed by atoms with van der Waals surface area (Å²) in [4.78, 5) is 13.2. The van der Waals surface area contributed by atoms with Crippen LogP contribution in [0.4, 0.5) is 23.7 Å². The number of hydrogen-bond donors (Lipinski definition) is 2. The normalized spacial score (nSPS) is 11.2. The third kappa shape index (κ3) is 4.44. The molecule has 0 aromatic heterocycles. The third-order valence-corrected chi connectivity index (χ3v) is 2.53. The molecule has 1 aromatic rings. The van der Waals surface area contributed by atoms with E-state index in [1.54, 1.807) is 6.92 Å². The van der Waals surface area contributed by atoms with Crippen LogP contribution in [0, 0.1) is 0 Å². The minimum Gasteiger partial charge on any atom is -0.329 e. The van der Waals surface area contributed by atoms with E-state index in [0.717, 1.165) is 12.1 Å². The van der Waals surface area contributed by atoms with Crippen LogP contribution in [0.25, 0.3) is 0 Å². The van der Waals surface area contributed by atoms with Gasteiger partial charge in [-0.2, -0.15) is 13.2 Å². The summed E-state index contributed by atoms with van der Waals surface area (Å²) in [6, 6.07) is 3.91. The first-order valence-electron chi connectivity index (χ1n) is 5.81. The molecule has 0 radical (unpaired) electrons. The number of halogens is 3. The van der Waals surface area contributed by atoms with Gasteiger partial charge >= 0.3 is 12.2 Å². The number of carbonyl (C=O) groups excluding carboxylic acids is 1. The lowest BCUT2D eigenvalue weighted by Crippen LogP contribution is -2.38. The fraction of sp³-hybridized carbons (Fsp3) is 0.417. The molecule has 3 N–H and O–H groups in total. The zero-order valence-corrected chi connectivity index (χ0v) is 10.5. The molecular formula is C12H16F3N3O. The zero-order chi connectivity index (χ0) is 14.5. The van der Waals surface area contributed by atoms with Crippen LogP contribution in [0.15, 0.2) is 24.3 Å². The molecule has 0 aliphatic rings. The number of likely N-dealkylation sites (N-methyl/N-ethyl adjacent to an activating group) is 1. The molecule has 1 rings (SSSR count). The Morgan fingerprint density at radius 1 is 1.32 bits per heavy atom. The van der Waals surface area contributed by atoms with E-state index >= 15 is 0 Å². The lowest BCUT2D eigenvalue weighted by molar-refractivity contribution is -0.137. The maximum atomic E-state index is 12.4. The molecule has 1 aromatic carbocycles. The molecule has 0 saturated carbocycles. The van der Waals surface area contributed by atoms with E-state index in [4.69, 9.17) is 5.73 Å². The highest BCUT2D eigenvalue weighted by molar-refractivity contribution is 5.89. The lowest BCUT2D eigenvalue weighted by atomic mass is 10.2. The number of amides is 2. The molecule has 0 fully saturated rings. The Hall–Kier alpha value is -1.76. The first-order valence-corrected chi connectivity index (χ1v) is 5.81. The predicted octanol–water partition coefficient (Wildman–Crippen LogP) is 2.52. The number of rotatable bonds is 4. The smallest absolute Gasteiger partial charge is 0.329 e. The Balaban J connectivity index is 2.70. The van der Waals surface area contributed by atoms with Crippen LogP contribution in [0.5, 0.6) is 0 Å². The summed E-state index contributed by atoms with van der Waals surface area (Å²) in [7, 11) is 0. The minimum absolute atomic E-state index is 0.313. The summed E-state index contributed by atoms with van der Waals surface area (Å²) in [6.07, 6.45) is -4.38. The van der Waals surface area contributed by atoms with Crippen LogP contribution in [0.3, 0.4) is 0 Å². The molecule has 0 heterocycles. The molecule has 0 aliphatic heterocycles.